The maximum atomic E-state index is 3.68. The van der Waals surface area contributed by atoms with E-state index in [1.807, 2.05) is 0 Å². The Kier molecular flexibility index (Phi) is 4.64. The summed E-state index contributed by atoms with van der Waals surface area (Å²) in [5.74, 6) is 0. The Balaban J connectivity index is 1.87. The molecule has 1 fully saturated rings. The van der Waals surface area contributed by atoms with E-state index in [-0.39, 0.29) is 0 Å². The summed E-state index contributed by atoms with van der Waals surface area (Å²) in [5, 5.41) is 3.68. The molecule has 0 saturated heterocycles. The molecule has 2 nitrogen and oxygen atoms in total. The van der Waals surface area contributed by atoms with Gasteiger partial charge in [-0.3, -0.25) is 4.90 Å². The van der Waals surface area contributed by atoms with Crippen molar-refractivity contribution in [2.75, 3.05) is 13.6 Å². The van der Waals surface area contributed by atoms with E-state index < -0.39 is 0 Å². The number of nitrogens with one attached hydrogen (secondary N) is 1. The van der Waals surface area contributed by atoms with E-state index in [9.17, 15) is 0 Å². The zero-order valence-corrected chi connectivity index (χ0v) is 13.0. The number of rotatable bonds is 6. The normalized spacial score (nSPS) is 18.6. The lowest BCUT2D eigenvalue weighted by molar-refractivity contribution is 0.237. The Labute approximate surface area is 118 Å². The summed E-state index contributed by atoms with van der Waals surface area (Å²) in [6, 6.07) is 8.62. The first-order valence-electron chi connectivity index (χ1n) is 7.51. The van der Waals surface area contributed by atoms with Crippen LogP contribution in [0.5, 0.6) is 0 Å². The molecule has 1 aromatic rings. The smallest absolute Gasteiger partial charge is 0.0295 e. The van der Waals surface area contributed by atoms with Gasteiger partial charge in [0.25, 0.3) is 0 Å². The van der Waals surface area contributed by atoms with Gasteiger partial charge in [-0.15, -0.1) is 0 Å². The van der Waals surface area contributed by atoms with E-state index >= 15 is 0 Å². The molecule has 0 amide bonds. The van der Waals surface area contributed by atoms with Gasteiger partial charge in [0, 0.05) is 24.7 Å². The SMILES string of the molecule is Cc1ccc(C(C)NCC(C)N(C)C2CC2)c(C)c1. The minimum absolute atomic E-state index is 0.427. The van der Waals surface area contributed by atoms with Gasteiger partial charge in [0.15, 0.2) is 0 Å². The fourth-order valence-electron chi connectivity index (χ4n) is 2.75. The average molecular weight is 260 g/mol. The summed E-state index contributed by atoms with van der Waals surface area (Å²) in [4.78, 5) is 2.52. The molecule has 0 bridgehead atoms. The number of hydrogen-bond donors (Lipinski definition) is 1. The minimum atomic E-state index is 0.427. The highest BCUT2D eigenvalue weighted by atomic mass is 15.2. The van der Waals surface area contributed by atoms with E-state index in [1.165, 1.54) is 29.5 Å². The molecule has 19 heavy (non-hydrogen) atoms. The molecule has 0 aromatic heterocycles. The zero-order valence-electron chi connectivity index (χ0n) is 13.0. The van der Waals surface area contributed by atoms with Gasteiger partial charge in [0.2, 0.25) is 0 Å². The van der Waals surface area contributed by atoms with Crippen LogP contribution in [0.1, 0.15) is 49.4 Å². The van der Waals surface area contributed by atoms with Crippen LogP contribution in [-0.2, 0) is 0 Å². The van der Waals surface area contributed by atoms with Crippen molar-refractivity contribution >= 4 is 0 Å². The quantitative estimate of drug-likeness (QED) is 0.843. The lowest BCUT2D eigenvalue weighted by Crippen LogP contribution is -2.39. The van der Waals surface area contributed by atoms with Crippen molar-refractivity contribution in [1.29, 1.82) is 0 Å². The molecule has 0 spiro atoms. The van der Waals surface area contributed by atoms with Crippen molar-refractivity contribution in [2.24, 2.45) is 0 Å². The van der Waals surface area contributed by atoms with Gasteiger partial charge in [-0.25, -0.2) is 0 Å². The predicted octanol–water partition coefficient (Wildman–Crippen LogP) is 3.44. The van der Waals surface area contributed by atoms with Crippen LogP contribution in [0, 0.1) is 13.8 Å². The van der Waals surface area contributed by atoms with Crippen molar-refractivity contribution in [3.05, 3.63) is 34.9 Å². The van der Waals surface area contributed by atoms with Gasteiger partial charge >= 0.3 is 0 Å². The second kappa shape index (κ2) is 6.06. The van der Waals surface area contributed by atoms with E-state index in [0.29, 0.717) is 12.1 Å². The number of benzene rings is 1. The molecule has 1 aromatic carbocycles. The Morgan fingerprint density at radius 3 is 2.53 bits per heavy atom. The molecule has 2 heteroatoms. The fraction of sp³-hybridized carbons (Fsp3) is 0.647. The molecule has 0 aliphatic heterocycles. The molecule has 1 aliphatic rings. The summed E-state index contributed by atoms with van der Waals surface area (Å²) in [6.07, 6.45) is 2.76. The van der Waals surface area contributed by atoms with Gasteiger partial charge in [-0.2, -0.15) is 0 Å². The standard InChI is InChI=1S/C17H28N2/c1-12-6-9-17(13(2)10-12)15(4)18-11-14(3)19(5)16-7-8-16/h6,9-10,14-16,18H,7-8,11H2,1-5H3. The lowest BCUT2D eigenvalue weighted by Gasteiger charge is -2.27. The summed E-state index contributed by atoms with van der Waals surface area (Å²) in [5.41, 5.74) is 4.16. The molecule has 1 saturated carbocycles. The zero-order chi connectivity index (χ0) is 14.0. The second-order valence-corrected chi connectivity index (χ2v) is 6.24. The summed E-state index contributed by atoms with van der Waals surface area (Å²) in [6.45, 7) is 10.0. The van der Waals surface area contributed by atoms with E-state index in [1.54, 1.807) is 0 Å². The monoisotopic (exact) mass is 260 g/mol. The van der Waals surface area contributed by atoms with Crippen LogP contribution in [0.2, 0.25) is 0 Å². The molecule has 1 N–H and O–H groups in total. The van der Waals surface area contributed by atoms with Crippen LogP contribution >= 0.6 is 0 Å². The minimum Gasteiger partial charge on any atom is -0.309 e. The maximum absolute atomic E-state index is 3.68. The fourth-order valence-corrected chi connectivity index (χ4v) is 2.75. The highest BCUT2D eigenvalue weighted by Gasteiger charge is 2.29. The van der Waals surface area contributed by atoms with Gasteiger partial charge in [0.1, 0.15) is 0 Å². The van der Waals surface area contributed by atoms with Crippen LogP contribution in [0.25, 0.3) is 0 Å². The second-order valence-electron chi connectivity index (χ2n) is 6.24. The highest BCUT2D eigenvalue weighted by Crippen LogP contribution is 2.27. The number of likely N-dealkylation sites (N-methyl/N-ethyl adjacent to an activating group) is 1. The maximum Gasteiger partial charge on any atom is 0.0295 e. The molecular formula is C17H28N2. The molecule has 106 valence electrons. The highest BCUT2D eigenvalue weighted by molar-refractivity contribution is 5.32. The van der Waals surface area contributed by atoms with E-state index in [2.05, 4.69) is 63.2 Å². The van der Waals surface area contributed by atoms with Crippen molar-refractivity contribution in [1.82, 2.24) is 10.2 Å². The van der Waals surface area contributed by atoms with Crippen LogP contribution in [0.4, 0.5) is 0 Å². The first-order chi connectivity index (χ1) is 8.99. The van der Waals surface area contributed by atoms with Crippen LogP contribution in [0.15, 0.2) is 18.2 Å². The van der Waals surface area contributed by atoms with Crippen molar-refractivity contribution in [2.45, 2.75) is 58.7 Å². The predicted molar refractivity (Wildman–Crippen MR) is 82.6 cm³/mol. The van der Waals surface area contributed by atoms with Crippen LogP contribution < -0.4 is 5.32 Å². The summed E-state index contributed by atoms with van der Waals surface area (Å²) >= 11 is 0. The Morgan fingerprint density at radius 2 is 1.95 bits per heavy atom. The van der Waals surface area contributed by atoms with Gasteiger partial charge in [0.05, 0.1) is 0 Å². The molecular weight excluding hydrogens is 232 g/mol. The number of nitrogens with zero attached hydrogens (tertiary/aromatic N) is 1. The van der Waals surface area contributed by atoms with Crippen LogP contribution in [0.3, 0.4) is 0 Å². The molecule has 2 atom stereocenters. The average Bonchev–Trinajstić information content (AvgIpc) is 3.18. The Bertz CT molecular complexity index is 423. The van der Waals surface area contributed by atoms with Crippen molar-refractivity contribution in [3.8, 4) is 0 Å². The van der Waals surface area contributed by atoms with Gasteiger partial charge in [-0.05, 0) is 58.7 Å². The Morgan fingerprint density at radius 1 is 1.26 bits per heavy atom. The third kappa shape index (κ3) is 3.80. The van der Waals surface area contributed by atoms with Crippen molar-refractivity contribution in [3.63, 3.8) is 0 Å². The molecule has 1 aliphatic carbocycles. The van der Waals surface area contributed by atoms with Crippen LogP contribution in [-0.4, -0.2) is 30.6 Å². The van der Waals surface area contributed by atoms with Crippen molar-refractivity contribution < 1.29 is 0 Å². The Hall–Kier alpha value is -0.860. The largest absolute Gasteiger partial charge is 0.309 e. The number of aryl methyl sites for hydroxylation is 2. The molecule has 2 unspecified atom stereocenters. The number of hydrogen-bond acceptors (Lipinski definition) is 2. The van der Waals surface area contributed by atoms with Gasteiger partial charge in [-0.1, -0.05) is 23.8 Å². The van der Waals surface area contributed by atoms with Gasteiger partial charge < -0.3 is 5.32 Å². The first kappa shape index (κ1) is 14.5. The van der Waals surface area contributed by atoms with E-state index in [0.717, 1.165) is 12.6 Å². The van der Waals surface area contributed by atoms with E-state index in [4.69, 9.17) is 0 Å². The lowest BCUT2D eigenvalue weighted by atomic mass is 10.00. The summed E-state index contributed by atoms with van der Waals surface area (Å²) < 4.78 is 0. The molecule has 0 heterocycles. The third-order valence-corrected chi connectivity index (χ3v) is 4.43. The third-order valence-electron chi connectivity index (χ3n) is 4.43. The molecule has 2 rings (SSSR count). The first-order valence-corrected chi connectivity index (χ1v) is 7.51. The topological polar surface area (TPSA) is 15.3 Å². The summed E-state index contributed by atoms with van der Waals surface area (Å²) in [7, 11) is 2.26. The molecule has 0 radical (unpaired) electrons.